The van der Waals surface area contributed by atoms with E-state index in [1.165, 1.54) is 10.8 Å². The molecule has 1 aliphatic rings. The molecule has 4 unspecified atom stereocenters. The lowest BCUT2D eigenvalue weighted by Crippen LogP contribution is -2.39. The fourth-order valence-electron chi connectivity index (χ4n) is 7.77. The Hall–Kier alpha value is -5.78. The van der Waals surface area contributed by atoms with E-state index in [4.69, 9.17) is 28.0 Å². The maximum absolute atomic E-state index is 13.2. The van der Waals surface area contributed by atoms with Crippen molar-refractivity contribution in [2.45, 2.75) is 76.5 Å². The van der Waals surface area contributed by atoms with Gasteiger partial charge >= 0.3 is 0 Å². The van der Waals surface area contributed by atoms with Crippen molar-refractivity contribution in [2.75, 3.05) is 32.8 Å². The van der Waals surface area contributed by atoms with Gasteiger partial charge in [-0.25, -0.2) is 14.6 Å². The lowest BCUT2D eigenvalue weighted by atomic mass is 9.80. The molecule has 1 aliphatic heterocycles. The van der Waals surface area contributed by atoms with E-state index in [2.05, 4.69) is 71.0 Å². The summed E-state index contributed by atoms with van der Waals surface area (Å²) in [6.07, 6.45) is 2.00. The third-order valence-electron chi connectivity index (χ3n) is 10.7. The van der Waals surface area contributed by atoms with Gasteiger partial charge in [0.25, 0.3) is 14.4 Å². The molecule has 0 saturated carbocycles. The van der Waals surface area contributed by atoms with Gasteiger partial charge in [-0.2, -0.15) is 14.9 Å². The number of hydrogen-bond donors (Lipinski definition) is 1. The van der Waals surface area contributed by atoms with Crippen LogP contribution in [0.5, 0.6) is 11.5 Å². The molecule has 2 aromatic heterocycles. The van der Waals surface area contributed by atoms with Gasteiger partial charge in [0.15, 0.2) is 5.65 Å². The van der Waals surface area contributed by atoms with E-state index in [0.29, 0.717) is 34.7 Å². The molecule has 1 fully saturated rings. The van der Waals surface area contributed by atoms with Crippen molar-refractivity contribution in [3.8, 4) is 17.6 Å². The van der Waals surface area contributed by atoms with Crippen molar-refractivity contribution < 1.29 is 32.8 Å². The number of fused-ring (bicyclic) bond motifs is 1. The van der Waals surface area contributed by atoms with Gasteiger partial charge < -0.3 is 28.0 Å². The van der Waals surface area contributed by atoms with E-state index in [1.807, 2.05) is 72.8 Å². The summed E-state index contributed by atoms with van der Waals surface area (Å²) in [5.74, 6) is 1.31. The topological polar surface area (TPSA) is 155 Å². The lowest BCUT2D eigenvalue weighted by molar-refractivity contribution is -0.0805. The molecule has 3 heterocycles. The van der Waals surface area contributed by atoms with E-state index in [0.717, 1.165) is 16.7 Å². The number of amides is 1. The molecule has 4 atom stereocenters. The van der Waals surface area contributed by atoms with Gasteiger partial charge in [-0.05, 0) is 80.8 Å². The van der Waals surface area contributed by atoms with Crippen LogP contribution in [0.1, 0.15) is 79.3 Å². The Morgan fingerprint density at radius 1 is 0.887 bits per heavy atom. The zero-order valence-electron chi connectivity index (χ0n) is 35.8. The number of nitrogens with zero attached hydrogens (tertiary/aromatic N) is 6. The van der Waals surface area contributed by atoms with Gasteiger partial charge in [-0.3, -0.25) is 10.1 Å². The number of carbonyl (C=O) groups is 1. The summed E-state index contributed by atoms with van der Waals surface area (Å²) in [4.78, 5) is 22.1. The quantitative estimate of drug-likeness (QED) is 0.0470. The summed E-state index contributed by atoms with van der Waals surface area (Å²) in [5, 5.41) is 16.9. The second-order valence-electron chi connectivity index (χ2n) is 15.3. The average molecular weight is 858 g/mol. The van der Waals surface area contributed by atoms with E-state index < -0.39 is 32.4 Å². The maximum Gasteiger partial charge on any atom is 0.259 e. The van der Waals surface area contributed by atoms with Crippen molar-refractivity contribution in [2.24, 2.45) is 0 Å². The van der Waals surface area contributed by atoms with Gasteiger partial charge in [0, 0.05) is 29.6 Å². The minimum absolute atomic E-state index is 0.0766. The van der Waals surface area contributed by atoms with Crippen molar-refractivity contribution in [3.63, 3.8) is 0 Å². The van der Waals surface area contributed by atoms with Crippen molar-refractivity contribution in [1.82, 2.24) is 24.3 Å². The molecule has 15 heteroatoms. The molecule has 62 heavy (non-hydrogen) atoms. The normalized spacial score (nSPS) is 17.1. The first-order chi connectivity index (χ1) is 30.2. The molecule has 14 nitrogen and oxygen atoms in total. The predicted octanol–water partition coefficient (Wildman–Crippen LogP) is 8.89. The van der Waals surface area contributed by atoms with Crippen molar-refractivity contribution in [3.05, 3.63) is 150 Å². The molecule has 6 aromatic rings. The third kappa shape index (κ3) is 9.64. The number of aromatic nitrogens is 4. The Morgan fingerprint density at radius 2 is 1.48 bits per heavy atom. The van der Waals surface area contributed by atoms with Crippen LogP contribution in [0.2, 0.25) is 0 Å². The number of methoxy groups -OCH3 is 2. The summed E-state index contributed by atoms with van der Waals surface area (Å²) in [5.41, 5.74) is 3.18. The maximum atomic E-state index is 13.2. The van der Waals surface area contributed by atoms with Crippen LogP contribution in [0, 0.1) is 11.3 Å². The van der Waals surface area contributed by atoms with Crippen LogP contribution >= 0.6 is 8.53 Å². The molecule has 0 spiro atoms. The average Bonchev–Trinajstić information content (AvgIpc) is 3.92. The van der Waals surface area contributed by atoms with Gasteiger partial charge in [0.05, 0.1) is 58.3 Å². The Kier molecular flexibility index (Phi) is 14.6. The summed E-state index contributed by atoms with van der Waals surface area (Å²) >= 11 is 0. The SMILES string of the molecule is COc1ccc(C(OCC2OC(c3cnn4c(NC(=O)c5ccccc5)ncnc34)CC2OP(OCCC#N)N(C(C)C)C(C)C)(c2ccccc2)c2ccc(OC)cc2)cc1. The number of nitriles is 1. The Labute approximate surface area is 363 Å². The smallest absolute Gasteiger partial charge is 0.259 e. The van der Waals surface area contributed by atoms with Crippen LogP contribution in [-0.4, -0.2) is 81.9 Å². The van der Waals surface area contributed by atoms with Gasteiger partial charge in [-0.1, -0.05) is 72.8 Å². The highest BCUT2D eigenvalue weighted by molar-refractivity contribution is 7.44. The van der Waals surface area contributed by atoms with E-state index in [9.17, 15) is 10.1 Å². The molecule has 0 radical (unpaired) electrons. The Morgan fingerprint density at radius 3 is 2.06 bits per heavy atom. The van der Waals surface area contributed by atoms with Gasteiger partial charge in [0.2, 0.25) is 5.95 Å². The number of anilines is 1. The molecule has 7 rings (SSSR count). The number of benzene rings is 4. The van der Waals surface area contributed by atoms with Crippen LogP contribution in [-0.2, 0) is 24.1 Å². The molecular weight excluding hydrogens is 806 g/mol. The van der Waals surface area contributed by atoms with Gasteiger partial charge in [-0.15, -0.1) is 0 Å². The summed E-state index contributed by atoms with van der Waals surface area (Å²) in [6.45, 7) is 8.71. The summed E-state index contributed by atoms with van der Waals surface area (Å²) < 4.78 is 42.7. The fourth-order valence-corrected chi connectivity index (χ4v) is 9.53. The van der Waals surface area contributed by atoms with Crippen molar-refractivity contribution >= 4 is 26.0 Å². The van der Waals surface area contributed by atoms with Crippen LogP contribution in [0.4, 0.5) is 5.95 Å². The van der Waals surface area contributed by atoms with Crippen LogP contribution in [0.15, 0.2) is 122 Å². The lowest BCUT2D eigenvalue weighted by Gasteiger charge is -2.39. The molecule has 0 bridgehead atoms. The molecule has 0 aliphatic carbocycles. The Bertz CT molecular complexity index is 2360. The monoisotopic (exact) mass is 857 g/mol. The first-order valence-corrected chi connectivity index (χ1v) is 21.7. The van der Waals surface area contributed by atoms with Gasteiger partial charge in [0.1, 0.15) is 29.5 Å². The largest absolute Gasteiger partial charge is 0.497 e. The molecular formula is C47H52N7O7P. The minimum Gasteiger partial charge on any atom is -0.497 e. The first kappa shape index (κ1) is 44.3. The molecule has 322 valence electrons. The fraction of sp³-hybridized carbons (Fsp3) is 0.340. The molecule has 1 N–H and O–H groups in total. The minimum atomic E-state index is -1.66. The van der Waals surface area contributed by atoms with Crippen molar-refractivity contribution in [1.29, 1.82) is 5.26 Å². The third-order valence-corrected chi connectivity index (χ3v) is 12.8. The second kappa shape index (κ2) is 20.4. The number of nitrogens with one attached hydrogen (secondary N) is 1. The highest BCUT2D eigenvalue weighted by Gasteiger charge is 2.45. The second-order valence-corrected chi connectivity index (χ2v) is 16.7. The number of rotatable bonds is 19. The van der Waals surface area contributed by atoms with Crippen LogP contribution in [0.25, 0.3) is 5.65 Å². The van der Waals surface area contributed by atoms with E-state index in [1.54, 1.807) is 44.7 Å². The number of hydrogen-bond acceptors (Lipinski definition) is 12. The predicted molar refractivity (Wildman–Crippen MR) is 236 cm³/mol. The number of carbonyl (C=O) groups excluding carboxylic acids is 1. The highest BCUT2D eigenvalue weighted by atomic mass is 31.2. The van der Waals surface area contributed by atoms with E-state index in [-0.39, 0.29) is 43.6 Å². The standard InChI is InChI=1S/C47H52N7O7P/c1-32(2)54(33(3)4)62(59-27-13-26-48)61-42-28-41(40-29-51-53-44(40)49-31-50-46(53)52-45(55)34-14-9-7-10-15-34)60-43(42)30-58-47(35-16-11-8-12-17-35,36-18-22-38(56-5)23-19-36)37-20-24-39(57-6)25-21-37/h7-12,14-25,29,31-33,41-43H,13,27-28,30H2,1-6H3,(H,49,50,52,55). The Balaban J connectivity index is 1.28. The zero-order chi connectivity index (χ0) is 43.6. The molecule has 1 saturated heterocycles. The summed E-state index contributed by atoms with van der Waals surface area (Å²) in [7, 11) is 1.63. The molecule has 4 aromatic carbocycles. The zero-order valence-corrected chi connectivity index (χ0v) is 36.6. The van der Waals surface area contributed by atoms with Crippen LogP contribution < -0.4 is 14.8 Å². The molecule has 1 amide bonds. The highest BCUT2D eigenvalue weighted by Crippen LogP contribution is 2.51. The first-order valence-electron chi connectivity index (χ1n) is 20.6. The number of ether oxygens (including phenoxy) is 4. The summed E-state index contributed by atoms with van der Waals surface area (Å²) in [6, 6.07) is 37.1. The van der Waals surface area contributed by atoms with Crippen LogP contribution in [0.3, 0.4) is 0 Å². The van der Waals surface area contributed by atoms with E-state index >= 15 is 0 Å².